The molecule has 0 radical (unpaired) electrons. The molecule has 0 amide bonds. The van der Waals surface area contributed by atoms with Crippen LogP contribution >= 0.6 is 0 Å². The van der Waals surface area contributed by atoms with Gasteiger partial charge >= 0.3 is 0 Å². The molecule has 1 aromatic rings. The van der Waals surface area contributed by atoms with Crippen LogP contribution in [0.3, 0.4) is 0 Å². The summed E-state index contributed by atoms with van der Waals surface area (Å²) in [7, 11) is 7.70. The fraction of sp³-hybridized carbons (Fsp3) is 0.600. The van der Waals surface area contributed by atoms with Crippen LogP contribution in [0.5, 0.6) is 5.75 Å². The SMILES string of the molecule is CNCC1(C(c2cc(F)ccc2OC)N(C)C)CC1. The largest absolute Gasteiger partial charge is 0.496 e. The molecule has 0 heterocycles. The predicted molar refractivity (Wildman–Crippen MR) is 75.0 cm³/mol. The molecule has 0 bridgehead atoms. The Balaban J connectivity index is 2.42. The fourth-order valence-electron chi connectivity index (χ4n) is 3.13. The maximum atomic E-state index is 13.6. The Morgan fingerprint density at radius 3 is 2.58 bits per heavy atom. The van der Waals surface area contributed by atoms with Crippen molar-refractivity contribution in [2.24, 2.45) is 5.41 Å². The molecule has 1 aromatic carbocycles. The van der Waals surface area contributed by atoms with Crippen LogP contribution in [-0.4, -0.2) is 39.7 Å². The lowest BCUT2D eigenvalue weighted by Crippen LogP contribution is -2.35. The molecule has 1 atom stereocenters. The molecule has 1 saturated carbocycles. The number of rotatable bonds is 6. The third kappa shape index (κ3) is 2.74. The third-order valence-corrected chi connectivity index (χ3v) is 4.00. The zero-order chi connectivity index (χ0) is 14.0. The lowest BCUT2D eigenvalue weighted by molar-refractivity contribution is 0.186. The van der Waals surface area contributed by atoms with Crippen LogP contribution in [0.25, 0.3) is 0 Å². The number of methoxy groups -OCH3 is 1. The average molecular weight is 266 g/mol. The van der Waals surface area contributed by atoms with E-state index in [0.717, 1.165) is 30.7 Å². The summed E-state index contributed by atoms with van der Waals surface area (Å²) in [6.45, 7) is 0.940. The lowest BCUT2D eigenvalue weighted by atomic mass is 9.88. The van der Waals surface area contributed by atoms with Crippen molar-refractivity contribution in [3.63, 3.8) is 0 Å². The number of benzene rings is 1. The number of hydrogen-bond donors (Lipinski definition) is 1. The van der Waals surface area contributed by atoms with E-state index in [9.17, 15) is 4.39 Å². The van der Waals surface area contributed by atoms with Crippen LogP contribution in [0.15, 0.2) is 18.2 Å². The Morgan fingerprint density at radius 1 is 1.42 bits per heavy atom. The monoisotopic (exact) mass is 266 g/mol. The Labute approximate surface area is 114 Å². The molecule has 3 nitrogen and oxygen atoms in total. The summed E-state index contributed by atoms with van der Waals surface area (Å²) in [4.78, 5) is 2.17. The Hall–Kier alpha value is -1.13. The number of nitrogens with zero attached hydrogens (tertiary/aromatic N) is 1. The molecule has 1 N–H and O–H groups in total. The summed E-state index contributed by atoms with van der Waals surface area (Å²) in [6, 6.07) is 4.95. The highest BCUT2D eigenvalue weighted by Gasteiger charge is 2.51. The predicted octanol–water partition coefficient (Wildman–Crippen LogP) is 2.44. The summed E-state index contributed by atoms with van der Waals surface area (Å²) in [5.41, 5.74) is 1.14. The van der Waals surface area contributed by atoms with Crippen molar-refractivity contribution in [1.29, 1.82) is 0 Å². The third-order valence-electron chi connectivity index (χ3n) is 4.00. The van der Waals surface area contributed by atoms with Gasteiger partial charge in [-0.15, -0.1) is 0 Å². The van der Waals surface area contributed by atoms with Gasteiger partial charge in [-0.3, -0.25) is 0 Å². The minimum absolute atomic E-state index is 0.172. The van der Waals surface area contributed by atoms with Gasteiger partial charge < -0.3 is 15.0 Å². The van der Waals surface area contributed by atoms with E-state index in [-0.39, 0.29) is 17.3 Å². The zero-order valence-corrected chi connectivity index (χ0v) is 12.2. The van der Waals surface area contributed by atoms with E-state index in [4.69, 9.17) is 4.74 Å². The van der Waals surface area contributed by atoms with Crippen LogP contribution < -0.4 is 10.1 Å². The summed E-state index contributed by atoms with van der Waals surface area (Å²) in [6.07, 6.45) is 2.33. The van der Waals surface area contributed by atoms with Gasteiger partial charge in [-0.2, -0.15) is 0 Å². The van der Waals surface area contributed by atoms with Crippen molar-refractivity contribution in [2.75, 3.05) is 34.8 Å². The molecule has 19 heavy (non-hydrogen) atoms. The maximum absolute atomic E-state index is 13.6. The van der Waals surface area contributed by atoms with E-state index in [0.29, 0.717) is 0 Å². The second-order valence-electron chi connectivity index (χ2n) is 5.65. The van der Waals surface area contributed by atoms with Crippen molar-refractivity contribution in [3.05, 3.63) is 29.6 Å². The maximum Gasteiger partial charge on any atom is 0.123 e. The molecule has 0 aliphatic heterocycles. The lowest BCUT2D eigenvalue weighted by Gasteiger charge is -2.34. The summed E-state index contributed by atoms with van der Waals surface area (Å²) >= 11 is 0. The quantitative estimate of drug-likeness (QED) is 0.856. The highest BCUT2D eigenvalue weighted by Crippen LogP contribution is 2.57. The van der Waals surface area contributed by atoms with Crippen molar-refractivity contribution in [2.45, 2.75) is 18.9 Å². The van der Waals surface area contributed by atoms with E-state index in [1.54, 1.807) is 19.2 Å². The van der Waals surface area contributed by atoms with Gasteiger partial charge in [-0.05, 0) is 52.2 Å². The van der Waals surface area contributed by atoms with Gasteiger partial charge in [0, 0.05) is 23.6 Å². The molecule has 106 valence electrons. The molecule has 0 spiro atoms. The van der Waals surface area contributed by atoms with Gasteiger partial charge in [0.25, 0.3) is 0 Å². The van der Waals surface area contributed by atoms with Crippen LogP contribution in [0.1, 0.15) is 24.4 Å². The summed E-state index contributed by atoms with van der Waals surface area (Å²) in [5, 5.41) is 3.27. The second-order valence-corrected chi connectivity index (χ2v) is 5.65. The van der Waals surface area contributed by atoms with Crippen molar-refractivity contribution in [3.8, 4) is 5.75 Å². The van der Waals surface area contributed by atoms with Crippen LogP contribution in [0.4, 0.5) is 4.39 Å². The van der Waals surface area contributed by atoms with E-state index in [1.807, 2.05) is 21.1 Å². The first-order valence-corrected chi connectivity index (χ1v) is 6.68. The zero-order valence-electron chi connectivity index (χ0n) is 12.2. The minimum atomic E-state index is -0.206. The molecule has 1 fully saturated rings. The second kappa shape index (κ2) is 5.47. The van der Waals surface area contributed by atoms with Gasteiger partial charge in [0.15, 0.2) is 0 Å². The Bertz CT molecular complexity index is 444. The molecule has 1 aliphatic rings. The fourth-order valence-corrected chi connectivity index (χ4v) is 3.13. The molecule has 1 aliphatic carbocycles. The number of nitrogens with one attached hydrogen (secondary N) is 1. The average Bonchev–Trinajstić information content (AvgIpc) is 3.10. The molecule has 0 saturated heterocycles. The van der Waals surface area contributed by atoms with Crippen LogP contribution in [0, 0.1) is 11.2 Å². The Kier molecular flexibility index (Phi) is 4.11. The molecular weight excluding hydrogens is 243 g/mol. The summed E-state index contributed by atoms with van der Waals surface area (Å²) in [5.74, 6) is 0.561. The normalized spacial score (nSPS) is 18.4. The van der Waals surface area contributed by atoms with E-state index in [1.165, 1.54) is 6.07 Å². The van der Waals surface area contributed by atoms with Crippen molar-refractivity contribution < 1.29 is 9.13 Å². The minimum Gasteiger partial charge on any atom is -0.496 e. The highest BCUT2D eigenvalue weighted by molar-refractivity contribution is 5.39. The van der Waals surface area contributed by atoms with Gasteiger partial charge in [-0.25, -0.2) is 4.39 Å². The molecular formula is C15H23FN2O. The van der Waals surface area contributed by atoms with Gasteiger partial charge in [0.05, 0.1) is 7.11 Å². The van der Waals surface area contributed by atoms with Crippen molar-refractivity contribution >= 4 is 0 Å². The van der Waals surface area contributed by atoms with E-state index < -0.39 is 0 Å². The number of hydrogen-bond acceptors (Lipinski definition) is 3. The standard InChI is InChI=1S/C15H23FN2O/c1-17-10-15(7-8-15)14(18(2)3)12-9-11(16)5-6-13(12)19-4/h5-6,9,14,17H,7-8,10H2,1-4H3. The van der Waals surface area contributed by atoms with E-state index in [2.05, 4.69) is 10.2 Å². The number of halogens is 1. The first kappa shape index (κ1) is 14.3. The smallest absolute Gasteiger partial charge is 0.123 e. The van der Waals surface area contributed by atoms with Gasteiger partial charge in [-0.1, -0.05) is 0 Å². The van der Waals surface area contributed by atoms with Gasteiger partial charge in [0.1, 0.15) is 11.6 Å². The Morgan fingerprint density at radius 2 is 2.11 bits per heavy atom. The number of ether oxygens (including phenoxy) is 1. The van der Waals surface area contributed by atoms with Gasteiger partial charge in [0.2, 0.25) is 0 Å². The summed E-state index contributed by atoms with van der Waals surface area (Å²) < 4.78 is 19.0. The van der Waals surface area contributed by atoms with Crippen LogP contribution in [0.2, 0.25) is 0 Å². The molecule has 2 rings (SSSR count). The topological polar surface area (TPSA) is 24.5 Å². The molecule has 1 unspecified atom stereocenters. The van der Waals surface area contributed by atoms with Crippen molar-refractivity contribution in [1.82, 2.24) is 10.2 Å². The first-order valence-electron chi connectivity index (χ1n) is 6.68. The first-order chi connectivity index (χ1) is 9.04. The molecule has 4 heteroatoms. The van der Waals surface area contributed by atoms with E-state index >= 15 is 0 Å². The highest BCUT2D eigenvalue weighted by atomic mass is 19.1. The molecule has 0 aromatic heterocycles. The van der Waals surface area contributed by atoms with Crippen LogP contribution in [-0.2, 0) is 0 Å².